The Morgan fingerprint density at radius 3 is 2.48 bits per heavy atom. The SMILES string of the molecule is CC(/C=C/c1ccc(CO)cc1)CC/C=C/C(=O)OC(C)(C)C. The topological polar surface area (TPSA) is 46.5 Å². The van der Waals surface area contributed by atoms with Gasteiger partial charge in [0.05, 0.1) is 6.61 Å². The normalized spacial score (nSPS) is 13.6. The third-order valence-corrected chi connectivity index (χ3v) is 3.23. The van der Waals surface area contributed by atoms with Crippen molar-refractivity contribution in [3.05, 3.63) is 53.6 Å². The molecule has 3 heteroatoms. The van der Waals surface area contributed by atoms with E-state index in [4.69, 9.17) is 9.84 Å². The number of aliphatic hydroxyl groups is 1. The number of allylic oxidation sites excluding steroid dienone is 2. The molecule has 0 aromatic heterocycles. The molecule has 0 saturated heterocycles. The van der Waals surface area contributed by atoms with Crippen LogP contribution < -0.4 is 0 Å². The molecule has 0 aliphatic rings. The molecule has 1 atom stereocenters. The number of ether oxygens (including phenoxy) is 1. The number of carbonyl (C=O) groups is 1. The van der Waals surface area contributed by atoms with Crippen molar-refractivity contribution < 1.29 is 14.6 Å². The zero-order chi connectivity index (χ0) is 17.3. The third kappa shape index (κ3) is 8.99. The highest BCUT2D eigenvalue weighted by Crippen LogP contribution is 2.13. The smallest absolute Gasteiger partial charge is 0.330 e. The molecule has 0 spiro atoms. The van der Waals surface area contributed by atoms with Gasteiger partial charge in [-0.1, -0.05) is 49.4 Å². The Morgan fingerprint density at radius 1 is 1.26 bits per heavy atom. The van der Waals surface area contributed by atoms with Crippen LogP contribution in [0.15, 0.2) is 42.5 Å². The van der Waals surface area contributed by atoms with Crippen molar-refractivity contribution in [3.8, 4) is 0 Å². The van der Waals surface area contributed by atoms with Crippen molar-refractivity contribution in [2.75, 3.05) is 0 Å². The van der Waals surface area contributed by atoms with E-state index in [0.29, 0.717) is 5.92 Å². The highest BCUT2D eigenvalue weighted by atomic mass is 16.6. The van der Waals surface area contributed by atoms with E-state index in [1.165, 1.54) is 6.08 Å². The summed E-state index contributed by atoms with van der Waals surface area (Å²) in [7, 11) is 0. The number of aliphatic hydroxyl groups excluding tert-OH is 1. The Bertz CT molecular complexity index is 533. The third-order valence-electron chi connectivity index (χ3n) is 3.23. The van der Waals surface area contributed by atoms with Crippen LogP contribution in [0, 0.1) is 5.92 Å². The molecule has 0 amide bonds. The average Bonchev–Trinajstić information content (AvgIpc) is 2.48. The van der Waals surface area contributed by atoms with Crippen LogP contribution in [-0.4, -0.2) is 16.7 Å². The van der Waals surface area contributed by atoms with E-state index >= 15 is 0 Å². The van der Waals surface area contributed by atoms with E-state index in [-0.39, 0.29) is 12.6 Å². The van der Waals surface area contributed by atoms with Gasteiger partial charge in [0.15, 0.2) is 0 Å². The summed E-state index contributed by atoms with van der Waals surface area (Å²) >= 11 is 0. The van der Waals surface area contributed by atoms with Gasteiger partial charge in [-0.05, 0) is 50.7 Å². The molecular weight excluding hydrogens is 288 g/mol. The Balaban J connectivity index is 2.34. The average molecular weight is 316 g/mol. The predicted octanol–water partition coefficient (Wildman–Crippen LogP) is 4.51. The quantitative estimate of drug-likeness (QED) is 0.595. The minimum absolute atomic E-state index is 0.0738. The van der Waals surface area contributed by atoms with E-state index in [1.54, 1.807) is 0 Å². The number of esters is 1. The van der Waals surface area contributed by atoms with Crippen LogP contribution in [0.3, 0.4) is 0 Å². The molecule has 3 nitrogen and oxygen atoms in total. The van der Waals surface area contributed by atoms with Crippen LogP contribution in [0.5, 0.6) is 0 Å². The van der Waals surface area contributed by atoms with Crippen LogP contribution in [0.4, 0.5) is 0 Å². The molecule has 126 valence electrons. The monoisotopic (exact) mass is 316 g/mol. The first-order valence-electron chi connectivity index (χ1n) is 8.07. The lowest BCUT2D eigenvalue weighted by atomic mass is 10.0. The maximum absolute atomic E-state index is 11.5. The second-order valence-corrected chi connectivity index (χ2v) is 6.75. The number of hydrogen-bond donors (Lipinski definition) is 1. The minimum Gasteiger partial charge on any atom is -0.457 e. The summed E-state index contributed by atoms with van der Waals surface area (Å²) in [5.74, 6) is 0.139. The predicted molar refractivity (Wildman–Crippen MR) is 94.8 cm³/mol. The van der Waals surface area contributed by atoms with Gasteiger partial charge in [-0.25, -0.2) is 4.79 Å². The van der Waals surface area contributed by atoms with E-state index in [1.807, 2.05) is 51.1 Å². The summed E-state index contributed by atoms with van der Waals surface area (Å²) in [6, 6.07) is 7.84. The molecule has 1 unspecified atom stereocenters. The van der Waals surface area contributed by atoms with E-state index in [2.05, 4.69) is 19.1 Å². The van der Waals surface area contributed by atoms with E-state index < -0.39 is 5.60 Å². The first-order chi connectivity index (χ1) is 10.8. The van der Waals surface area contributed by atoms with Gasteiger partial charge in [-0.2, -0.15) is 0 Å². The van der Waals surface area contributed by atoms with Crippen LogP contribution in [-0.2, 0) is 16.1 Å². The summed E-state index contributed by atoms with van der Waals surface area (Å²) in [5, 5.41) is 9.01. The number of rotatable bonds is 7. The van der Waals surface area contributed by atoms with Gasteiger partial charge in [-0.3, -0.25) is 0 Å². The fraction of sp³-hybridized carbons (Fsp3) is 0.450. The zero-order valence-corrected chi connectivity index (χ0v) is 14.6. The minimum atomic E-state index is -0.441. The lowest BCUT2D eigenvalue weighted by Crippen LogP contribution is -2.22. The summed E-state index contributed by atoms with van der Waals surface area (Å²) in [5.41, 5.74) is 1.60. The zero-order valence-electron chi connectivity index (χ0n) is 14.6. The molecule has 0 bridgehead atoms. The van der Waals surface area contributed by atoms with Gasteiger partial charge >= 0.3 is 5.97 Å². The summed E-state index contributed by atoms with van der Waals surface area (Å²) in [6.45, 7) is 7.81. The second kappa shape index (κ2) is 9.31. The lowest BCUT2D eigenvalue weighted by molar-refractivity contribution is -0.148. The molecule has 1 rings (SSSR count). The lowest BCUT2D eigenvalue weighted by Gasteiger charge is -2.17. The van der Waals surface area contributed by atoms with Crippen molar-refractivity contribution in [2.24, 2.45) is 5.92 Å². The first-order valence-corrected chi connectivity index (χ1v) is 8.07. The van der Waals surface area contributed by atoms with Crippen LogP contribution in [0.2, 0.25) is 0 Å². The molecule has 1 aromatic rings. The Hall–Kier alpha value is -1.87. The van der Waals surface area contributed by atoms with E-state index in [9.17, 15) is 4.79 Å². The number of benzene rings is 1. The molecular formula is C20H28O3. The van der Waals surface area contributed by atoms with Gasteiger partial charge in [0, 0.05) is 6.08 Å². The van der Waals surface area contributed by atoms with Crippen molar-refractivity contribution >= 4 is 12.0 Å². The number of hydrogen-bond acceptors (Lipinski definition) is 3. The maximum Gasteiger partial charge on any atom is 0.330 e. The molecule has 0 aliphatic heterocycles. The summed E-state index contributed by atoms with van der Waals surface area (Å²) < 4.78 is 5.21. The number of carbonyl (C=O) groups excluding carboxylic acids is 1. The van der Waals surface area contributed by atoms with Crippen molar-refractivity contribution in [1.29, 1.82) is 0 Å². The standard InChI is InChI=1S/C20H28O3/c1-16(7-5-6-8-19(22)23-20(2,3)4)9-10-17-11-13-18(15-21)14-12-17/h6,8-14,16,21H,5,7,15H2,1-4H3/b8-6+,10-9+. The summed E-state index contributed by atoms with van der Waals surface area (Å²) in [4.78, 5) is 11.5. The Kier molecular flexibility index (Phi) is 7.76. The second-order valence-electron chi connectivity index (χ2n) is 6.75. The molecule has 0 heterocycles. The van der Waals surface area contributed by atoms with Gasteiger partial charge in [-0.15, -0.1) is 0 Å². The van der Waals surface area contributed by atoms with Crippen LogP contribution >= 0.6 is 0 Å². The van der Waals surface area contributed by atoms with Gasteiger partial charge in [0.25, 0.3) is 0 Å². The highest BCUT2D eigenvalue weighted by Gasteiger charge is 2.13. The van der Waals surface area contributed by atoms with Crippen LogP contribution in [0.1, 0.15) is 51.7 Å². The first kappa shape index (κ1) is 19.2. The Morgan fingerprint density at radius 2 is 1.91 bits per heavy atom. The molecule has 0 fully saturated rings. The van der Waals surface area contributed by atoms with Crippen molar-refractivity contribution in [3.63, 3.8) is 0 Å². The Labute approximate surface area is 139 Å². The van der Waals surface area contributed by atoms with Crippen molar-refractivity contribution in [1.82, 2.24) is 0 Å². The van der Waals surface area contributed by atoms with Crippen molar-refractivity contribution in [2.45, 2.75) is 52.7 Å². The largest absolute Gasteiger partial charge is 0.457 e. The fourth-order valence-electron chi connectivity index (χ4n) is 1.98. The van der Waals surface area contributed by atoms with E-state index in [0.717, 1.165) is 24.0 Å². The van der Waals surface area contributed by atoms with Gasteiger partial charge in [0.2, 0.25) is 0 Å². The molecule has 1 aromatic carbocycles. The van der Waals surface area contributed by atoms with Gasteiger partial charge in [0.1, 0.15) is 5.60 Å². The molecule has 1 N–H and O–H groups in total. The highest BCUT2D eigenvalue weighted by molar-refractivity contribution is 5.82. The molecule has 0 aliphatic carbocycles. The fourth-order valence-corrected chi connectivity index (χ4v) is 1.98. The summed E-state index contributed by atoms with van der Waals surface area (Å²) in [6.07, 6.45) is 9.45. The molecule has 0 saturated carbocycles. The molecule has 0 radical (unpaired) electrons. The molecule has 23 heavy (non-hydrogen) atoms. The van der Waals surface area contributed by atoms with Gasteiger partial charge < -0.3 is 9.84 Å². The van der Waals surface area contributed by atoms with Crippen LogP contribution in [0.25, 0.3) is 6.08 Å². The maximum atomic E-state index is 11.5.